The van der Waals surface area contributed by atoms with Crippen LogP contribution in [0.15, 0.2) is 24.3 Å². The van der Waals surface area contributed by atoms with E-state index in [-0.39, 0.29) is 17.8 Å². The van der Waals surface area contributed by atoms with Crippen LogP contribution in [0.5, 0.6) is 0 Å². The fraction of sp³-hybridized carbons (Fsp3) is 0.667. The molecule has 1 aromatic rings. The fourth-order valence-corrected chi connectivity index (χ4v) is 2.63. The Balaban J connectivity index is 2.62. The Bertz CT molecular complexity index is 387. The number of rotatable bonds is 10. The summed E-state index contributed by atoms with van der Waals surface area (Å²) >= 11 is 0. The largest absolute Gasteiger partial charge is 0.324 e. The lowest BCUT2D eigenvalue weighted by molar-refractivity contribution is 0.215. The zero-order valence-electron chi connectivity index (χ0n) is 13.8. The first-order valence-electron chi connectivity index (χ1n) is 8.32. The average molecular weight is 294 g/mol. The maximum Gasteiger partial charge on any atom is 0.127 e. The standard InChI is InChI=1S/C18H31FN2/c1-4-6-12-21(13-7-5-2)14-15(3)18(20)16-10-8-9-11-17(16)19/h8-11,15,18H,4-7,12-14,20H2,1-3H3. The number of nitrogens with two attached hydrogens (primary N) is 1. The van der Waals surface area contributed by atoms with Crippen LogP contribution in [-0.2, 0) is 0 Å². The third-order valence-electron chi connectivity index (χ3n) is 4.08. The third kappa shape index (κ3) is 6.15. The van der Waals surface area contributed by atoms with Gasteiger partial charge < -0.3 is 10.6 Å². The van der Waals surface area contributed by atoms with E-state index in [0.29, 0.717) is 5.56 Å². The first kappa shape index (κ1) is 18.1. The van der Waals surface area contributed by atoms with Crippen molar-refractivity contribution in [1.29, 1.82) is 0 Å². The summed E-state index contributed by atoms with van der Waals surface area (Å²) in [5.74, 6) is 0.0566. The van der Waals surface area contributed by atoms with Gasteiger partial charge in [-0.2, -0.15) is 0 Å². The molecular weight excluding hydrogens is 263 g/mol. The van der Waals surface area contributed by atoms with Gasteiger partial charge in [-0.1, -0.05) is 51.8 Å². The van der Waals surface area contributed by atoms with E-state index in [1.807, 2.05) is 6.07 Å². The van der Waals surface area contributed by atoms with Gasteiger partial charge in [0.25, 0.3) is 0 Å². The number of nitrogens with zero attached hydrogens (tertiary/aromatic N) is 1. The van der Waals surface area contributed by atoms with Gasteiger partial charge in [-0.25, -0.2) is 4.39 Å². The van der Waals surface area contributed by atoms with E-state index in [1.54, 1.807) is 12.1 Å². The molecule has 1 rings (SSSR count). The molecule has 21 heavy (non-hydrogen) atoms. The topological polar surface area (TPSA) is 29.3 Å². The molecule has 2 N–H and O–H groups in total. The number of halogens is 1. The molecular formula is C18H31FN2. The van der Waals surface area contributed by atoms with Crippen molar-refractivity contribution in [1.82, 2.24) is 4.90 Å². The predicted octanol–water partition coefficient (Wildman–Crippen LogP) is 4.36. The van der Waals surface area contributed by atoms with Crippen molar-refractivity contribution in [3.05, 3.63) is 35.6 Å². The molecule has 0 fully saturated rings. The van der Waals surface area contributed by atoms with Gasteiger partial charge in [0.15, 0.2) is 0 Å². The van der Waals surface area contributed by atoms with Crippen molar-refractivity contribution in [3.63, 3.8) is 0 Å². The van der Waals surface area contributed by atoms with Crippen LogP contribution in [0.3, 0.4) is 0 Å². The van der Waals surface area contributed by atoms with Crippen LogP contribution in [-0.4, -0.2) is 24.5 Å². The molecule has 3 heteroatoms. The molecule has 0 bridgehead atoms. The summed E-state index contributed by atoms with van der Waals surface area (Å²) in [6.45, 7) is 9.73. The third-order valence-corrected chi connectivity index (χ3v) is 4.08. The molecule has 2 nitrogen and oxygen atoms in total. The smallest absolute Gasteiger partial charge is 0.127 e. The Morgan fingerprint density at radius 3 is 2.19 bits per heavy atom. The van der Waals surface area contributed by atoms with Gasteiger partial charge in [0.05, 0.1) is 0 Å². The molecule has 0 saturated heterocycles. The summed E-state index contributed by atoms with van der Waals surface area (Å²) in [5, 5.41) is 0. The van der Waals surface area contributed by atoms with E-state index < -0.39 is 0 Å². The maximum atomic E-state index is 13.8. The van der Waals surface area contributed by atoms with Gasteiger partial charge in [0.2, 0.25) is 0 Å². The van der Waals surface area contributed by atoms with E-state index in [4.69, 9.17) is 5.73 Å². The molecule has 2 unspecified atom stereocenters. The summed E-state index contributed by atoms with van der Waals surface area (Å²) in [7, 11) is 0. The lowest BCUT2D eigenvalue weighted by atomic mass is 9.94. The Hall–Kier alpha value is -0.930. The number of benzene rings is 1. The second kappa shape index (κ2) is 9.91. The molecule has 1 aromatic carbocycles. The Labute approximate surface area is 129 Å². The summed E-state index contributed by atoms with van der Waals surface area (Å²) in [4.78, 5) is 2.48. The molecule has 120 valence electrons. The van der Waals surface area contributed by atoms with Gasteiger partial charge in [-0.3, -0.25) is 0 Å². The highest BCUT2D eigenvalue weighted by molar-refractivity contribution is 5.21. The van der Waals surface area contributed by atoms with E-state index in [2.05, 4.69) is 25.7 Å². The SMILES string of the molecule is CCCCN(CCCC)CC(C)C(N)c1ccccc1F. The number of hydrogen-bond acceptors (Lipinski definition) is 2. The highest BCUT2D eigenvalue weighted by Crippen LogP contribution is 2.23. The normalized spacial score (nSPS) is 14.4. The van der Waals surface area contributed by atoms with Crippen molar-refractivity contribution < 1.29 is 4.39 Å². The van der Waals surface area contributed by atoms with Gasteiger partial charge in [0, 0.05) is 18.2 Å². The highest BCUT2D eigenvalue weighted by Gasteiger charge is 2.20. The van der Waals surface area contributed by atoms with E-state index in [0.717, 1.165) is 19.6 Å². The van der Waals surface area contributed by atoms with E-state index in [1.165, 1.54) is 31.7 Å². The van der Waals surface area contributed by atoms with Gasteiger partial charge in [-0.05, 0) is 37.9 Å². The molecule has 0 aliphatic heterocycles. The molecule has 0 radical (unpaired) electrons. The lowest BCUT2D eigenvalue weighted by Gasteiger charge is -2.29. The van der Waals surface area contributed by atoms with E-state index >= 15 is 0 Å². The monoisotopic (exact) mass is 294 g/mol. The Morgan fingerprint density at radius 1 is 1.10 bits per heavy atom. The van der Waals surface area contributed by atoms with Crippen LogP contribution < -0.4 is 5.73 Å². The average Bonchev–Trinajstić information content (AvgIpc) is 2.49. The molecule has 0 saturated carbocycles. The molecule has 0 spiro atoms. The first-order valence-corrected chi connectivity index (χ1v) is 8.32. The number of hydrogen-bond donors (Lipinski definition) is 1. The predicted molar refractivity (Wildman–Crippen MR) is 88.7 cm³/mol. The summed E-state index contributed by atoms with van der Waals surface area (Å²) in [6, 6.07) is 6.63. The molecule has 0 heterocycles. The van der Waals surface area contributed by atoms with Crippen LogP contribution in [0.4, 0.5) is 4.39 Å². The minimum absolute atomic E-state index is 0.189. The quantitative estimate of drug-likeness (QED) is 0.694. The zero-order valence-corrected chi connectivity index (χ0v) is 13.8. The van der Waals surface area contributed by atoms with Gasteiger partial charge in [0.1, 0.15) is 5.82 Å². The maximum absolute atomic E-state index is 13.8. The first-order chi connectivity index (χ1) is 10.1. The van der Waals surface area contributed by atoms with Crippen molar-refractivity contribution in [3.8, 4) is 0 Å². The van der Waals surface area contributed by atoms with Crippen LogP contribution >= 0.6 is 0 Å². The minimum Gasteiger partial charge on any atom is -0.324 e. The van der Waals surface area contributed by atoms with Crippen molar-refractivity contribution >= 4 is 0 Å². The Morgan fingerprint density at radius 2 is 1.67 bits per heavy atom. The summed E-state index contributed by atoms with van der Waals surface area (Å²) < 4.78 is 13.8. The van der Waals surface area contributed by atoms with Crippen LogP contribution in [0.1, 0.15) is 58.1 Å². The van der Waals surface area contributed by atoms with Crippen molar-refractivity contribution in [2.24, 2.45) is 11.7 Å². The van der Waals surface area contributed by atoms with Crippen molar-refractivity contribution in [2.75, 3.05) is 19.6 Å². The molecule has 0 aliphatic carbocycles. The second-order valence-electron chi connectivity index (χ2n) is 6.03. The number of unbranched alkanes of at least 4 members (excludes halogenated alkanes) is 2. The summed E-state index contributed by atoms with van der Waals surface area (Å²) in [5.41, 5.74) is 6.91. The van der Waals surface area contributed by atoms with Gasteiger partial charge >= 0.3 is 0 Å². The highest BCUT2D eigenvalue weighted by atomic mass is 19.1. The molecule has 0 aromatic heterocycles. The van der Waals surface area contributed by atoms with Gasteiger partial charge in [-0.15, -0.1) is 0 Å². The summed E-state index contributed by atoms with van der Waals surface area (Å²) in [6.07, 6.45) is 4.84. The Kier molecular flexibility index (Phi) is 8.55. The fourth-order valence-electron chi connectivity index (χ4n) is 2.63. The minimum atomic E-state index is -0.239. The molecule has 0 aliphatic rings. The van der Waals surface area contributed by atoms with Crippen molar-refractivity contribution in [2.45, 2.75) is 52.5 Å². The second-order valence-corrected chi connectivity index (χ2v) is 6.03. The van der Waals surface area contributed by atoms with E-state index in [9.17, 15) is 4.39 Å². The molecule has 2 atom stereocenters. The zero-order chi connectivity index (χ0) is 15.7. The van der Waals surface area contributed by atoms with Crippen LogP contribution in [0.25, 0.3) is 0 Å². The van der Waals surface area contributed by atoms with Crippen LogP contribution in [0, 0.1) is 11.7 Å². The molecule has 0 amide bonds. The lowest BCUT2D eigenvalue weighted by Crippen LogP contribution is -2.35. The van der Waals surface area contributed by atoms with Crippen LogP contribution in [0.2, 0.25) is 0 Å².